The Balaban J connectivity index is 1.33. The Morgan fingerprint density at radius 1 is 0.939 bits per heavy atom. The lowest BCUT2D eigenvalue weighted by Crippen LogP contribution is -2.47. The molecule has 0 unspecified atom stereocenters. The number of nitrogens with zero attached hydrogens (tertiary/aromatic N) is 4. The van der Waals surface area contributed by atoms with E-state index < -0.39 is 0 Å². The fourth-order valence-electron chi connectivity index (χ4n) is 4.20. The smallest absolute Gasteiger partial charge is 0.251 e. The Hall–Kier alpha value is -4.00. The maximum atomic E-state index is 14.2. The summed E-state index contributed by atoms with van der Waals surface area (Å²) >= 11 is 0. The van der Waals surface area contributed by atoms with E-state index >= 15 is 0 Å². The highest BCUT2D eigenvalue weighted by atomic mass is 19.1. The number of carbonyl (C=O) groups excluding carboxylic acids is 1. The number of piperazine rings is 1. The number of benzene rings is 2. The minimum atomic E-state index is -0.198. The maximum Gasteiger partial charge on any atom is 0.251 e. The van der Waals surface area contributed by atoms with E-state index in [0.29, 0.717) is 30.9 Å². The molecule has 0 aliphatic carbocycles. The molecule has 1 amide bonds. The average molecular weight is 442 g/mol. The van der Waals surface area contributed by atoms with Crippen molar-refractivity contribution in [2.75, 3.05) is 36.0 Å². The van der Waals surface area contributed by atoms with Crippen LogP contribution in [0.3, 0.4) is 0 Å². The number of halogens is 1. The molecule has 1 aliphatic heterocycles. The number of pyridine rings is 2. The summed E-state index contributed by atoms with van der Waals surface area (Å²) < 4.78 is 14.2. The molecule has 1 saturated heterocycles. The van der Waals surface area contributed by atoms with Crippen LogP contribution in [0.1, 0.15) is 15.9 Å². The second kappa shape index (κ2) is 9.24. The van der Waals surface area contributed by atoms with E-state index in [4.69, 9.17) is 0 Å². The fourth-order valence-corrected chi connectivity index (χ4v) is 4.20. The quantitative estimate of drug-likeness (QED) is 0.507. The molecular weight excluding hydrogens is 417 g/mol. The summed E-state index contributed by atoms with van der Waals surface area (Å²) in [6, 6.07) is 18.3. The number of anilines is 2. The summed E-state index contributed by atoms with van der Waals surface area (Å²) in [5.41, 5.74) is 2.17. The first kappa shape index (κ1) is 20.9. The second-order valence-corrected chi connectivity index (χ2v) is 8.04. The Kier molecular flexibility index (Phi) is 5.85. The molecule has 3 heterocycles. The summed E-state index contributed by atoms with van der Waals surface area (Å²) in [7, 11) is 0. The van der Waals surface area contributed by atoms with Gasteiger partial charge >= 0.3 is 0 Å². The molecule has 4 aromatic rings. The third-order valence-electron chi connectivity index (χ3n) is 5.96. The average Bonchev–Trinajstić information content (AvgIpc) is 2.88. The Bertz CT molecular complexity index is 1270. The number of nitrogens with one attached hydrogen (secondary N) is 1. The summed E-state index contributed by atoms with van der Waals surface area (Å²) in [4.78, 5) is 25.8. The molecule has 166 valence electrons. The first-order valence-electron chi connectivity index (χ1n) is 11.0. The summed E-state index contributed by atoms with van der Waals surface area (Å²) in [5, 5.41) is 4.92. The third-order valence-corrected chi connectivity index (χ3v) is 5.96. The van der Waals surface area contributed by atoms with Crippen LogP contribution in [-0.4, -0.2) is 42.1 Å². The molecule has 1 aliphatic rings. The highest BCUT2D eigenvalue weighted by molar-refractivity contribution is 6.01. The zero-order valence-electron chi connectivity index (χ0n) is 18.1. The molecule has 33 heavy (non-hydrogen) atoms. The number of hydrogen-bond acceptors (Lipinski definition) is 5. The van der Waals surface area contributed by atoms with Crippen molar-refractivity contribution in [3.05, 3.63) is 96.2 Å². The predicted molar refractivity (Wildman–Crippen MR) is 128 cm³/mol. The highest BCUT2D eigenvalue weighted by Gasteiger charge is 2.22. The first-order chi connectivity index (χ1) is 16.2. The van der Waals surface area contributed by atoms with Crippen molar-refractivity contribution in [2.45, 2.75) is 6.54 Å². The standard InChI is InChI=1S/C26H24FN5O/c27-23-5-1-2-6-24(23)31-12-14-32(15-13-31)25-22-16-21(8-7-20(22)9-11-29-25)26(33)30-18-19-4-3-10-28-17-19/h1-11,16-17H,12-15,18H2,(H,30,33). The topological polar surface area (TPSA) is 61.4 Å². The molecule has 1 N–H and O–H groups in total. The first-order valence-corrected chi connectivity index (χ1v) is 11.0. The van der Waals surface area contributed by atoms with Gasteiger partial charge in [-0.1, -0.05) is 24.3 Å². The molecule has 0 radical (unpaired) electrons. The van der Waals surface area contributed by atoms with Crippen LogP contribution in [0.5, 0.6) is 0 Å². The van der Waals surface area contributed by atoms with Crippen LogP contribution < -0.4 is 15.1 Å². The Labute approximate surface area is 191 Å². The van der Waals surface area contributed by atoms with E-state index in [1.54, 1.807) is 24.7 Å². The zero-order valence-corrected chi connectivity index (χ0v) is 18.1. The van der Waals surface area contributed by atoms with Crippen LogP contribution in [0.2, 0.25) is 0 Å². The molecule has 0 spiro atoms. The van der Waals surface area contributed by atoms with Gasteiger partial charge in [-0.15, -0.1) is 0 Å². The predicted octanol–water partition coefficient (Wildman–Crippen LogP) is 4.03. The number of para-hydroxylation sites is 1. The van der Waals surface area contributed by atoms with E-state index in [1.165, 1.54) is 6.07 Å². The maximum absolute atomic E-state index is 14.2. The molecule has 1 fully saturated rings. The number of amides is 1. The molecule has 0 saturated carbocycles. The van der Waals surface area contributed by atoms with Gasteiger partial charge in [-0.2, -0.15) is 0 Å². The molecule has 6 nitrogen and oxygen atoms in total. The normalized spacial score (nSPS) is 13.8. The third kappa shape index (κ3) is 4.48. The number of rotatable bonds is 5. The molecule has 7 heteroatoms. The summed E-state index contributed by atoms with van der Waals surface area (Å²) in [5.74, 6) is 0.513. The largest absolute Gasteiger partial charge is 0.366 e. The number of aromatic nitrogens is 2. The molecular formula is C26H24FN5O. The van der Waals surface area contributed by atoms with Gasteiger partial charge in [0.1, 0.15) is 11.6 Å². The van der Waals surface area contributed by atoms with Crippen molar-refractivity contribution in [1.29, 1.82) is 0 Å². The van der Waals surface area contributed by atoms with Gasteiger partial charge in [-0.05, 0) is 47.3 Å². The monoisotopic (exact) mass is 441 g/mol. The van der Waals surface area contributed by atoms with Crippen molar-refractivity contribution in [2.24, 2.45) is 0 Å². The van der Waals surface area contributed by atoms with Gasteiger partial charge in [0, 0.05) is 62.3 Å². The van der Waals surface area contributed by atoms with Gasteiger partial charge in [0.05, 0.1) is 5.69 Å². The number of carbonyl (C=O) groups is 1. The lowest BCUT2D eigenvalue weighted by Gasteiger charge is -2.37. The lowest BCUT2D eigenvalue weighted by atomic mass is 10.1. The van der Waals surface area contributed by atoms with Crippen molar-refractivity contribution in [1.82, 2.24) is 15.3 Å². The van der Waals surface area contributed by atoms with Crippen molar-refractivity contribution >= 4 is 28.2 Å². The SMILES string of the molecule is O=C(NCc1cccnc1)c1ccc2ccnc(N3CCN(c4ccccc4F)CC3)c2c1. The van der Waals surface area contributed by atoms with Crippen molar-refractivity contribution in [3.63, 3.8) is 0 Å². The van der Waals surface area contributed by atoms with E-state index in [2.05, 4.69) is 25.1 Å². The van der Waals surface area contributed by atoms with Gasteiger partial charge in [-0.3, -0.25) is 9.78 Å². The van der Waals surface area contributed by atoms with Crippen LogP contribution >= 0.6 is 0 Å². The van der Waals surface area contributed by atoms with E-state index in [-0.39, 0.29) is 11.7 Å². The van der Waals surface area contributed by atoms with Crippen molar-refractivity contribution < 1.29 is 9.18 Å². The minimum absolute atomic E-state index is 0.139. The van der Waals surface area contributed by atoms with Crippen LogP contribution in [0.25, 0.3) is 10.8 Å². The van der Waals surface area contributed by atoms with Crippen LogP contribution in [0.15, 0.2) is 79.3 Å². The second-order valence-electron chi connectivity index (χ2n) is 8.04. The lowest BCUT2D eigenvalue weighted by molar-refractivity contribution is 0.0951. The van der Waals surface area contributed by atoms with Gasteiger partial charge in [0.15, 0.2) is 0 Å². The molecule has 2 aromatic carbocycles. The van der Waals surface area contributed by atoms with Gasteiger partial charge < -0.3 is 15.1 Å². The fraction of sp³-hybridized carbons (Fsp3) is 0.192. The number of hydrogen-bond donors (Lipinski definition) is 1. The highest BCUT2D eigenvalue weighted by Crippen LogP contribution is 2.28. The van der Waals surface area contributed by atoms with Crippen LogP contribution in [0, 0.1) is 5.82 Å². The van der Waals surface area contributed by atoms with Gasteiger partial charge in [-0.25, -0.2) is 9.37 Å². The number of fused-ring (bicyclic) bond motifs is 1. The summed E-state index contributed by atoms with van der Waals surface area (Å²) in [6.07, 6.45) is 5.24. The zero-order chi connectivity index (χ0) is 22.6. The van der Waals surface area contributed by atoms with Gasteiger partial charge in [0.2, 0.25) is 0 Å². The molecule has 2 aromatic heterocycles. The minimum Gasteiger partial charge on any atom is -0.366 e. The molecule has 0 atom stereocenters. The van der Waals surface area contributed by atoms with Crippen molar-refractivity contribution in [3.8, 4) is 0 Å². The Morgan fingerprint density at radius 3 is 2.55 bits per heavy atom. The summed E-state index contributed by atoms with van der Waals surface area (Å²) in [6.45, 7) is 3.26. The molecule has 0 bridgehead atoms. The van der Waals surface area contributed by atoms with Crippen LogP contribution in [0.4, 0.5) is 15.9 Å². The molecule has 5 rings (SSSR count). The Morgan fingerprint density at radius 2 is 1.76 bits per heavy atom. The van der Waals surface area contributed by atoms with E-state index in [1.807, 2.05) is 48.5 Å². The van der Waals surface area contributed by atoms with Crippen LogP contribution in [-0.2, 0) is 6.54 Å². The van der Waals surface area contributed by atoms with E-state index in [0.717, 1.165) is 35.2 Å². The van der Waals surface area contributed by atoms with Gasteiger partial charge in [0.25, 0.3) is 5.91 Å². The van der Waals surface area contributed by atoms with E-state index in [9.17, 15) is 9.18 Å².